The number of imidazole rings is 1. The van der Waals surface area contributed by atoms with E-state index in [1.54, 1.807) is 7.11 Å². The van der Waals surface area contributed by atoms with Gasteiger partial charge in [-0.2, -0.15) is 0 Å². The van der Waals surface area contributed by atoms with E-state index in [1.807, 2.05) is 44.2 Å². The predicted octanol–water partition coefficient (Wildman–Crippen LogP) is 3.43. The Labute approximate surface area is 132 Å². The number of H-pyrrole nitrogens is 1. The Morgan fingerprint density at radius 3 is 2.91 bits per heavy atom. The van der Waals surface area contributed by atoms with E-state index in [1.165, 1.54) is 11.3 Å². The second-order valence-corrected chi connectivity index (χ2v) is 6.35. The Bertz CT molecular complexity index is 789. The lowest BCUT2D eigenvalue weighted by Crippen LogP contribution is -2.27. The number of carbonyl (C=O) groups is 1. The minimum atomic E-state index is -0.216. The summed E-state index contributed by atoms with van der Waals surface area (Å²) in [6, 6.07) is 9.45. The summed E-state index contributed by atoms with van der Waals surface area (Å²) in [5.74, 6) is 1.20. The van der Waals surface area contributed by atoms with E-state index in [9.17, 15) is 4.79 Å². The van der Waals surface area contributed by atoms with Gasteiger partial charge in [-0.1, -0.05) is 12.1 Å². The van der Waals surface area contributed by atoms with Crippen molar-refractivity contribution < 1.29 is 9.53 Å². The molecule has 2 heterocycles. The van der Waals surface area contributed by atoms with Crippen LogP contribution in [0.5, 0.6) is 5.75 Å². The molecule has 0 bridgehead atoms. The van der Waals surface area contributed by atoms with Crippen LogP contribution in [0.3, 0.4) is 0 Å². The van der Waals surface area contributed by atoms with Crippen LogP contribution in [0, 0.1) is 6.92 Å². The maximum atomic E-state index is 12.4. The molecule has 3 aromatic rings. The molecule has 0 saturated heterocycles. The summed E-state index contributed by atoms with van der Waals surface area (Å²) < 4.78 is 5.25. The summed E-state index contributed by atoms with van der Waals surface area (Å²) in [6.45, 7) is 3.86. The summed E-state index contributed by atoms with van der Waals surface area (Å²) in [7, 11) is 1.57. The molecule has 0 saturated carbocycles. The van der Waals surface area contributed by atoms with Gasteiger partial charge in [0.1, 0.15) is 16.5 Å². The molecule has 3 rings (SSSR count). The van der Waals surface area contributed by atoms with Crippen molar-refractivity contribution in [3.63, 3.8) is 0 Å². The average Bonchev–Trinajstić information content (AvgIpc) is 3.10. The first-order chi connectivity index (χ1) is 10.6. The first-order valence-corrected chi connectivity index (χ1v) is 7.80. The lowest BCUT2D eigenvalue weighted by molar-refractivity contribution is 0.0940. The lowest BCUT2D eigenvalue weighted by Gasteiger charge is -2.11. The van der Waals surface area contributed by atoms with Gasteiger partial charge in [-0.25, -0.2) is 4.98 Å². The number of methoxy groups -OCH3 is 1. The minimum absolute atomic E-state index is 0.150. The number of nitrogens with zero attached hydrogens (tertiary/aromatic N) is 1. The van der Waals surface area contributed by atoms with Gasteiger partial charge in [-0.05, 0) is 32.0 Å². The third kappa shape index (κ3) is 2.69. The van der Waals surface area contributed by atoms with Crippen LogP contribution in [0.4, 0.5) is 0 Å². The minimum Gasteiger partial charge on any atom is -0.495 e. The summed E-state index contributed by atoms with van der Waals surface area (Å²) in [4.78, 5) is 21.8. The van der Waals surface area contributed by atoms with Gasteiger partial charge in [0, 0.05) is 4.88 Å². The molecule has 5 nitrogen and oxygen atoms in total. The highest BCUT2D eigenvalue weighted by Crippen LogP contribution is 2.29. The maximum absolute atomic E-state index is 12.4. The largest absolute Gasteiger partial charge is 0.495 e. The Kier molecular flexibility index (Phi) is 3.85. The molecule has 0 aliphatic heterocycles. The topological polar surface area (TPSA) is 67.0 Å². The number of nitrogens with one attached hydrogen (secondary N) is 2. The van der Waals surface area contributed by atoms with Crippen LogP contribution >= 0.6 is 11.3 Å². The zero-order valence-electron chi connectivity index (χ0n) is 12.6. The number of para-hydroxylation sites is 2. The van der Waals surface area contributed by atoms with Crippen molar-refractivity contribution in [2.75, 3.05) is 7.11 Å². The zero-order chi connectivity index (χ0) is 15.7. The van der Waals surface area contributed by atoms with Crippen molar-refractivity contribution in [2.24, 2.45) is 0 Å². The number of rotatable bonds is 4. The quantitative estimate of drug-likeness (QED) is 0.775. The van der Waals surface area contributed by atoms with Gasteiger partial charge in [-0.15, -0.1) is 11.3 Å². The molecule has 6 heteroatoms. The number of amides is 1. The first-order valence-electron chi connectivity index (χ1n) is 6.98. The van der Waals surface area contributed by atoms with E-state index < -0.39 is 0 Å². The molecule has 2 N–H and O–H groups in total. The number of thiophene rings is 1. The third-order valence-electron chi connectivity index (χ3n) is 3.41. The highest BCUT2D eigenvalue weighted by Gasteiger charge is 2.19. The Morgan fingerprint density at radius 2 is 2.18 bits per heavy atom. The number of aromatic nitrogens is 2. The molecule has 0 aliphatic carbocycles. The van der Waals surface area contributed by atoms with Crippen LogP contribution in [0.2, 0.25) is 0 Å². The van der Waals surface area contributed by atoms with Crippen LogP contribution in [-0.2, 0) is 0 Å². The van der Waals surface area contributed by atoms with Gasteiger partial charge < -0.3 is 15.0 Å². The fourth-order valence-corrected chi connectivity index (χ4v) is 3.19. The smallest absolute Gasteiger partial charge is 0.265 e. The third-order valence-corrected chi connectivity index (χ3v) is 4.44. The van der Waals surface area contributed by atoms with E-state index in [4.69, 9.17) is 4.74 Å². The molecule has 1 aromatic carbocycles. The summed E-state index contributed by atoms with van der Waals surface area (Å²) in [5.41, 5.74) is 1.85. The molecule has 1 atom stereocenters. The molecule has 114 valence electrons. The van der Waals surface area contributed by atoms with Crippen molar-refractivity contribution in [1.29, 1.82) is 0 Å². The number of hydrogen-bond donors (Lipinski definition) is 2. The molecule has 22 heavy (non-hydrogen) atoms. The number of hydrogen-bond acceptors (Lipinski definition) is 4. The van der Waals surface area contributed by atoms with Crippen molar-refractivity contribution >= 4 is 28.3 Å². The molecule has 0 radical (unpaired) electrons. The summed E-state index contributed by atoms with van der Waals surface area (Å²) in [6.07, 6.45) is 0. The first kappa shape index (κ1) is 14.6. The standard InChI is InChI=1S/C16H17N3O2S/c1-9-8-13(21-3)14(22-9)16(20)17-10(2)15-18-11-6-4-5-7-12(11)19-15/h4-8,10H,1-3H3,(H,17,20)(H,18,19)/t10-/m1/s1. The molecule has 0 fully saturated rings. The van der Waals surface area contributed by atoms with Gasteiger partial charge in [0.25, 0.3) is 5.91 Å². The van der Waals surface area contributed by atoms with Crippen molar-refractivity contribution in [3.8, 4) is 5.75 Å². The number of carbonyl (C=O) groups excluding carboxylic acids is 1. The van der Waals surface area contributed by atoms with E-state index in [-0.39, 0.29) is 11.9 Å². The summed E-state index contributed by atoms with van der Waals surface area (Å²) in [5, 5.41) is 2.96. The number of aromatic amines is 1. The SMILES string of the molecule is COc1cc(C)sc1C(=O)N[C@H](C)c1nc2ccccc2[nH]1. The van der Waals surface area contributed by atoms with E-state index in [2.05, 4.69) is 15.3 Å². The Balaban J connectivity index is 1.80. The average molecular weight is 315 g/mol. The number of ether oxygens (including phenoxy) is 1. The molecule has 1 amide bonds. The highest BCUT2D eigenvalue weighted by molar-refractivity contribution is 7.14. The van der Waals surface area contributed by atoms with Crippen LogP contribution in [0.25, 0.3) is 11.0 Å². The predicted molar refractivity (Wildman–Crippen MR) is 87.6 cm³/mol. The zero-order valence-corrected chi connectivity index (χ0v) is 13.5. The Morgan fingerprint density at radius 1 is 1.41 bits per heavy atom. The second-order valence-electron chi connectivity index (χ2n) is 5.09. The monoisotopic (exact) mass is 315 g/mol. The van der Waals surface area contributed by atoms with Crippen LogP contribution in [0.15, 0.2) is 30.3 Å². The molecule has 0 spiro atoms. The van der Waals surface area contributed by atoms with Gasteiger partial charge in [0.05, 0.1) is 24.2 Å². The lowest BCUT2D eigenvalue weighted by atomic mass is 10.3. The summed E-state index contributed by atoms with van der Waals surface area (Å²) >= 11 is 1.42. The van der Waals surface area contributed by atoms with Crippen LogP contribution < -0.4 is 10.1 Å². The van der Waals surface area contributed by atoms with Gasteiger partial charge in [-0.3, -0.25) is 4.79 Å². The normalized spacial score (nSPS) is 12.3. The Hall–Kier alpha value is -2.34. The highest BCUT2D eigenvalue weighted by atomic mass is 32.1. The van der Waals surface area contributed by atoms with Crippen LogP contribution in [0.1, 0.15) is 33.3 Å². The van der Waals surface area contributed by atoms with Crippen molar-refractivity contribution in [3.05, 3.63) is 45.9 Å². The van der Waals surface area contributed by atoms with Crippen LogP contribution in [-0.4, -0.2) is 23.0 Å². The van der Waals surface area contributed by atoms with E-state index >= 15 is 0 Å². The number of fused-ring (bicyclic) bond motifs is 1. The molecular formula is C16H17N3O2S. The fourth-order valence-electron chi connectivity index (χ4n) is 2.31. The van der Waals surface area contributed by atoms with E-state index in [0.717, 1.165) is 21.7 Å². The van der Waals surface area contributed by atoms with Gasteiger partial charge >= 0.3 is 0 Å². The second kappa shape index (κ2) is 5.81. The van der Waals surface area contributed by atoms with Gasteiger partial charge in [0.15, 0.2) is 0 Å². The fraction of sp³-hybridized carbons (Fsp3) is 0.250. The van der Waals surface area contributed by atoms with Crippen molar-refractivity contribution in [1.82, 2.24) is 15.3 Å². The molecule has 2 aromatic heterocycles. The molecular weight excluding hydrogens is 298 g/mol. The van der Waals surface area contributed by atoms with E-state index in [0.29, 0.717) is 10.6 Å². The molecule has 0 unspecified atom stereocenters. The maximum Gasteiger partial charge on any atom is 0.265 e. The number of benzene rings is 1. The number of aryl methyl sites for hydroxylation is 1. The van der Waals surface area contributed by atoms with Gasteiger partial charge in [0.2, 0.25) is 0 Å². The van der Waals surface area contributed by atoms with Crippen molar-refractivity contribution in [2.45, 2.75) is 19.9 Å². The molecule has 0 aliphatic rings.